The zero-order valence-electron chi connectivity index (χ0n) is 11.8. The van der Waals surface area contributed by atoms with Crippen LogP contribution in [0, 0.1) is 0 Å². The third-order valence-corrected chi connectivity index (χ3v) is 3.50. The van der Waals surface area contributed by atoms with Crippen LogP contribution in [0.3, 0.4) is 0 Å². The largest absolute Gasteiger partial charge is 0.413 e. The Bertz CT molecular complexity index is 899. The van der Waals surface area contributed by atoms with Crippen LogP contribution in [0.4, 0.5) is 0 Å². The van der Waals surface area contributed by atoms with Crippen molar-refractivity contribution < 1.29 is 13.7 Å². The molecule has 0 atom stereocenters. The molecule has 22 heavy (non-hydrogen) atoms. The molecule has 0 bridgehead atoms. The van der Waals surface area contributed by atoms with E-state index in [2.05, 4.69) is 12.1 Å². The first-order valence-electron chi connectivity index (χ1n) is 7.12. The molecule has 0 aliphatic rings. The molecule has 0 amide bonds. The van der Waals surface area contributed by atoms with Gasteiger partial charge in [-0.2, -0.15) is 0 Å². The smallest absolute Gasteiger partial charge is 0.382 e. The maximum Gasteiger partial charge on any atom is 0.382 e. The maximum absolute atomic E-state index is 6.04. The Balaban J connectivity index is 1.92. The van der Waals surface area contributed by atoms with Crippen molar-refractivity contribution >= 4 is 10.9 Å². The molecule has 0 saturated carbocycles. The summed E-state index contributed by atoms with van der Waals surface area (Å²) in [4.78, 5) is 0. The summed E-state index contributed by atoms with van der Waals surface area (Å²) in [5.74, 6) is 2.22. The predicted octanol–water partition coefficient (Wildman–Crippen LogP) is 4.50. The van der Waals surface area contributed by atoms with E-state index in [-0.39, 0.29) is 0 Å². The Morgan fingerprint density at radius 1 is 0.727 bits per heavy atom. The second kappa shape index (κ2) is 5.37. The molecule has 0 saturated heterocycles. The zero-order valence-corrected chi connectivity index (χ0v) is 11.8. The lowest BCUT2D eigenvalue weighted by Gasteiger charge is -2.06. The van der Waals surface area contributed by atoms with E-state index in [1.54, 1.807) is 6.26 Å². The van der Waals surface area contributed by atoms with Crippen molar-refractivity contribution in [3.63, 3.8) is 0 Å². The maximum atomic E-state index is 6.04. The number of hydrogen-bond acceptors (Lipinski definition) is 2. The van der Waals surface area contributed by atoms with E-state index in [9.17, 15) is 0 Å². The average molecular weight is 288 g/mol. The summed E-state index contributed by atoms with van der Waals surface area (Å²) in [6.45, 7) is 0. The predicted molar refractivity (Wildman–Crippen MR) is 84.3 cm³/mol. The van der Waals surface area contributed by atoms with Gasteiger partial charge in [0.15, 0.2) is 0 Å². The highest BCUT2D eigenvalue weighted by atomic mass is 16.5. The lowest BCUT2D eigenvalue weighted by molar-refractivity contribution is -0.587. The molecule has 2 aromatic heterocycles. The second-order valence-electron chi connectivity index (χ2n) is 4.93. The van der Waals surface area contributed by atoms with Gasteiger partial charge in [0.05, 0.1) is 18.4 Å². The van der Waals surface area contributed by atoms with Crippen molar-refractivity contribution in [2.24, 2.45) is 0 Å². The summed E-state index contributed by atoms with van der Waals surface area (Å²) in [5.41, 5.74) is 1.03. The van der Waals surface area contributed by atoms with Gasteiger partial charge < -0.3 is 9.15 Å². The van der Waals surface area contributed by atoms with E-state index < -0.39 is 0 Å². The summed E-state index contributed by atoms with van der Waals surface area (Å²) in [7, 11) is 0. The van der Waals surface area contributed by atoms with Crippen LogP contribution in [0.5, 0.6) is 11.6 Å². The number of rotatable bonds is 3. The first kappa shape index (κ1) is 12.7. The fraction of sp³-hybridized carbons (Fsp3) is 0. The van der Waals surface area contributed by atoms with Crippen LogP contribution >= 0.6 is 0 Å². The highest BCUT2D eigenvalue weighted by Gasteiger charge is 2.22. The van der Waals surface area contributed by atoms with Crippen molar-refractivity contribution in [1.29, 1.82) is 0 Å². The SMILES string of the molecule is c1ccc(Oc2ccc3ccccc3[n+]2-c2ccco2)cc1. The minimum absolute atomic E-state index is 0.708. The van der Waals surface area contributed by atoms with Crippen LogP contribution in [0.2, 0.25) is 0 Å². The van der Waals surface area contributed by atoms with Gasteiger partial charge in [-0.25, -0.2) is 0 Å². The number of aromatic nitrogens is 1. The quantitative estimate of drug-likeness (QED) is 0.519. The molecular formula is C19H14NO2+. The molecule has 4 aromatic rings. The van der Waals surface area contributed by atoms with Gasteiger partial charge in [0.1, 0.15) is 5.75 Å². The summed E-state index contributed by atoms with van der Waals surface area (Å²) in [5, 5.41) is 1.12. The lowest BCUT2D eigenvalue weighted by Crippen LogP contribution is -2.32. The van der Waals surface area contributed by atoms with E-state index in [0.717, 1.165) is 22.5 Å². The monoisotopic (exact) mass is 288 g/mol. The highest BCUT2D eigenvalue weighted by Crippen LogP contribution is 2.22. The Morgan fingerprint density at radius 2 is 1.55 bits per heavy atom. The summed E-state index contributed by atoms with van der Waals surface area (Å²) in [6.07, 6.45) is 1.66. The third-order valence-electron chi connectivity index (χ3n) is 3.50. The summed E-state index contributed by atoms with van der Waals surface area (Å²) < 4.78 is 13.6. The topological polar surface area (TPSA) is 26.2 Å². The molecule has 0 spiro atoms. The average Bonchev–Trinajstić information content (AvgIpc) is 3.10. The number of ether oxygens (including phenoxy) is 1. The van der Waals surface area contributed by atoms with Gasteiger partial charge in [-0.1, -0.05) is 34.9 Å². The standard InChI is InChI=1S/C19H14NO2/c1-2-8-16(9-3-1)22-19-13-12-15-7-4-5-10-17(15)20(19)18-11-6-14-21-18/h1-14H/q+1. The van der Waals surface area contributed by atoms with Crippen LogP contribution in [0.15, 0.2) is 89.5 Å². The van der Waals surface area contributed by atoms with E-state index in [1.807, 2.05) is 71.3 Å². The van der Waals surface area contributed by atoms with Gasteiger partial charge >= 0.3 is 11.8 Å². The molecule has 0 unspecified atom stereocenters. The fourth-order valence-electron chi connectivity index (χ4n) is 2.50. The number of para-hydroxylation sites is 2. The molecule has 106 valence electrons. The number of benzene rings is 2. The van der Waals surface area contributed by atoms with Crippen LogP contribution in [0.25, 0.3) is 16.8 Å². The molecule has 0 fully saturated rings. The van der Waals surface area contributed by atoms with E-state index in [1.165, 1.54) is 0 Å². The van der Waals surface area contributed by atoms with Crippen molar-refractivity contribution in [3.05, 3.63) is 85.1 Å². The van der Waals surface area contributed by atoms with Gasteiger partial charge in [0.25, 0.3) is 0 Å². The second-order valence-corrected chi connectivity index (χ2v) is 4.93. The van der Waals surface area contributed by atoms with Crippen LogP contribution < -0.4 is 9.30 Å². The van der Waals surface area contributed by atoms with Crippen LogP contribution in [0.1, 0.15) is 0 Å². The highest BCUT2D eigenvalue weighted by molar-refractivity contribution is 5.76. The van der Waals surface area contributed by atoms with E-state index in [0.29, 0.717) is 5.88 Å². The number of pyridine rings is 1. The number of furan rings is 1. The van der Waals surface area contributed by atoms with Crippen molar-refractivity contribution in [1.82, 2.24) is 0 Å². The van der Waals surface area contributed by atoms with Crippen LogP contribution in [-0.4, -0.2) is 0 Å². The first-order valence-corrected chi connectivity index (χ1v) is 7.12. The van der Waals surface area contributed by atoms with E-state index >= 15 is 0 Å². The normalized spacial score (nSPS) is 10.7. The van der Waals surface area contributed by atoms with Gasteiger partial charge in [-0.05, 0) is 30.3 Å². The summed E-state index contributed by atoms with van der Waals surface area (Å²) >= 11 is 0. The number of fused-ring (bicyclic) bond motifs is 1. The Morgan fingerprint density at radius 3 is 2.36 bits per heavy atom. The van der Waals surface area contributed by atoms with Crippen LogP contribution in [-0.2, 0) is 0 Å². The summed E-state index contributed by atoms with van der Waals surface area (Å²) in [6, 6.07) is 25.7. The van der Waals surface area contributed by atoms with E-state index in [4.69, 9.17) is 9.15 Å². The molecule has 2 heterocycles. The van der Waals surface area contributed by atoms with Gasteiger partial charge in [-0.15, -0.1) is 0 Å². The molecule has 3 nitrogen and oxygen atoms in total. The molecule has 0 aliphatic heterocycles. The number of hydrogen-bond donors (Lipinski definition) is 0. The molecule has 0 radical (unpaired) electrons. The molecule has 3 heteroatoms. The molecule has 2 aromatic carbocycles. The lowest BCUT2D eigenvalue weighted by atomic mass is 10.2. The first-order chi connectivity index (χ1) is 10.9. The minimum atomic E-state index is 0.708. The van der Waals surface area contributed by atoms with Gasteiger partial charge in [0.2, 0.25) is 5.52 Å². The molecule has 4 rings (SSSR count). The van der Waals surface area contributed by atoms with Gasteiger partial charge in [0, 0.05) is 11.5 Å². The van der Waals surface area contributed by atoms with Crippen molar-refractivity contribution in [2.75, 3.05) is 0 Å². The van der Waals surface area contributed by atoms with Crippen molar-refractivity contribution in [2.45, 2.75) is 0 Å². The third kappa shape index (κ3) is 2.23. The van der Waals surface area contributed by atoms with Crippen molar-refractivity contribution in [3.8, 4) is 17.5 Å². The molecule has 0 N–H and O–H groups in total. The minimum Gasteiger partial charge on any atom is -0.413 e. The molecule has 0 aliphatic carbocycles. The van der Waals surface area contributed by atoms with Gasteiger partial charge in [-0.3, -0.25) is 0 Å². The number of nitrogens with zero attached hydrogens (tertiary/aromatic N) is 1. The Labute approximate surface area is 128 Å². The zero-order chi connectivity index (χ0) is 14.8. The Hall–Kier alpha value is -3.07. The fourth-order valence-corrected chi connectivity index (χ4v) is 2.50. The molecular weight excluding hydrogens is 274 g/mol. The Kier molecular flexibility index (Phi) is 3.09.